The molecule has 0 saturated carbocycles. The van der Waals surface area contributed by atoms with Gasteiger partial charge in [0.15, 0.2) is 0 Å². The van der Waals surface area contributed by atoms with E-state index in [1.54, 1.807) is 30.3 Å². The van der Waals surface area contributed by atoms with Crippen LogP contribution in [-0.2, 0) is 20.9 Å². The average molecular weight is 445 g/mol. The van der Waals surface area contributed by atoms with E-state index in [9.17, 15) is 18.8 Å². The van der Waals surface area contributed by atoms with Crippen LogP contribution in [0.3, 0.4) is 0 Å². The molecule has 0 aliphatic heterocycles. The highest BCUT2D eigenvalue weighted by molar-refractivity contribution is 5.97. The predicted molar refractivity (Wildman–Crippen MR) is 117 cm³/mol. The molecule has 0 fully saturated rings. The number of hydrogen-bond donors (Lipinski definition) is 1. The van der Waals surface area contributed by atoms with Crippen LogP contribution in [0.15, 0.2) is 54.6 Å². The number of amides is 2. The molecule has 172 valence electrons. The summed E-state index contributed by atoms with van der Waals surface area (Å²) in [5.41, 5.74) is 6.74. The Labute approximate surface area is 187 Å². The van der Waals surface area contributed by atoms with Crippen LogP contribution in [-0.4, -0.2) is 41.9 Å². The molecule has 7 nitrogen and oxygen atoms in total. The van der Waals surface area contributed by atoms with E-state index in [1.807, 2.05) is 19.9 Å². The van der Waals surface area contributed by atoms with Crippen molar-refractivity contribution in [3.05, 3.63) is 66.0 Å². The van der Waals surface area contributed by atoms with Gasteiger partial charge in [0.05, 0.1) is 12.6 Å². The number of carbonyl (C=O) groups is 3. The van der Waals surface area contributed by atoms with E-state index in [0.717, 1.165) is 10.5 Å². The summed E-state index contributed by atoms with van der Waals surface area (Å²) in [5, 5.41) is 0. The van der Waals surface area contributed by atoms with Crippen molar-refractivity contribution < 1.29 is 28.2 Å². The summed E-state index contributed by atoms with van der Waals surface area (Å²) in [6.07, 6.45) is -0.132. The van der Waals surface area contributed by atoms with Crippen molar-refractivity contribution in [3.63, 3.8) is 0 Å². The van der Waals surface area contributed by atoms with E-state index in [0.29, 0.717) is 12.7 Å². The molecule has 0 aromatic heterocycles. The zero-order valence-electron chi connectivity index (χ0n) is 18.3. The monoisotopic (exact) mass is 444 g/mol. The maximum atomic E-state index is 13.3. The Morgan fingerprint density at radius 3 is 2.47 bits per heavy atom. The smallest absolute Gasteiger partial charge is 0.417 e. The molecule has 2 rings (SSSR count). The molecular weight excluding hydrogens is 415 g/mol. The third kappa shape index (κ3) is 7.77. The van der Waals surface area contributed by atoms with Crippen molar-refractivity contribution in [2.75, 3.05) is 6.61 Å². The van der Waals surface area contributed by atoms with Crippen LogP contribution in [0, 0.1) is 11.7 Å². The van der Waals surface area contributed by atoms with E-state index in [1.165, 1.54) is 18.2 Å². The molecular formula is C24H29FN2O5. The van der Waals surface area contributed by atoms with Gasteiger partial charge in [0.25, 0.3) is 0 Å². The molecule has 0 heterocycles. The fourth-order valence-electron chi connectivity index (χ4n) is 3.08. The lowest BCUT2D eigenvalue weighted by Crippen LogP contribution is -2.53. The largest absolute Gasteiger partial charge is 0.493 e. The second-order valence-corrected chi connectivity index (χ2v) is 7.78. The highest BCUT2D eigenvalue weighted by Gasteiger charge is 2.34. The van der Waals surface area contributed by atoms with Crippen LogP contribution in [0.25, 0.3) is 0 Å². The minimum atomic E-state index is -1.14. The van der Waals surface area contributed by atoms with Gasteiger partial charge in [0, 0.05) is 12.5 Å². The van der Waals surface area contributed by atoms with Gasteiger partial charge in [-0.2, -0.15) is 0 Å². The number of rotatable bonds is 11. The van der Waals surface area contributed by atoms with Gasteiger partial charge < -0.3 is 20.0 Å². The number of ether oxygens (including phenoxy) is 2. The van der Waals surface area contributed by atoms with Crippen molar-refractivity contribution in [3.8, 4) is 5.75 Å². The Balaban J connectivity index is 2.11. The summed E-state index contributed by atoms with van der Waals surface area (Å²) < 4.78 is 24.1. The summed E-state index contributed by atoms with van der Waals surface area (Å²) in [5.74, 6) is -0.771. The van der Waals surface area contributed by atoms with Crippen LogP contribution in [0.5, 0.6) is 5.75 Å². The van der Waals surface area contributed by atoms with Crippen molar-refractivity contribution in [1.29, 1.82) is 0 Å². The van der Waals surface area contributed by atoms with E-state index in [4.69, 9.17) is 15.2 Å². The number of halogens is 1. The topological polar surface area (TPSA) is 98.9 Å². The fourth-order valence-corrected chi connectivity index (χ4v) is 3.08. The minimum absolute atomic E-state index is 0.000584. The molecule has 2 aromatic rings. The third-order valence-electron chi connectivity index (χ3n) is 4.65. The summed E-state index contributed by atoms with van der Waals surface area (Å²) >= 11 is 0. The first-order valence-corrected chi connectivity index (χ1v) is 10.4. The number of nitrogens with two attached hydrogens (primary N) is 1. The van der Waals surface area contributed by atoms with Gasteiger partial charge in [-0.05, 0) is 30.0 Å². The van der Waals surface area contributed by atoms with Gasteiger partial charge in [0.1, 0.15) is 30.5 Å². The minimum Gasteiger partial charge on any atom is -0.493 e. The number of nitrogens with zero attached hydrogens (tertiary/aromatic N) is 1. The third-order valence-corrected chi connectivity index (χ3v) is 4.65. The molecule has 0 aliphatic rings. The van der Waals surface area contributed by atoms with Crippen molar-refractivity contribution in [2.45, 2.75) is 45.4 Å². The molecule has 32 heavy (non-hydrogen) atoms. The van der Waals surface area contributed by atoms with E-state index >= 15 is 0 Å². The maximum Gasteiger partial charge on any atom is 0.417 e. The molecule has 2 N–H and O–H groups in total. The van der Waals surface area contributed by atoms with Gasteiger partial charge in [0.2, 0.25) is 5.91 Å². The zero-order chi connectivity index (χ0) is 23.5. The van der Waals surface area contributed by atoms with Crippen LogP contribution < -0.4 is 10.5 Å². The SMILES string of the molecule is CC(C)C[C@H](N)C(=O)N(C(=O)OCc1ccccc1)C(C=O)CCOc1cccc(F)c1. The summed E-state index contributed by atoms with van der Waals surface area (Å²) in [7, 11) is 0. The van der Waals surface area contributed by atoms with Gasteiger partial charge >= 0.3 is 6.09 Å². The van der Waals surface area contributed by atoms with Gasteiger partial charge in [-0.3, -0.25) is 4.79 Å². The van der Waals surface area contributed by atoms with Crippen molar-refractivity contribution >= 4 is 18.3 Å². The van der Waals surface area contributed by atoms with Crippen molar-refractivity contribution in [2.24, 2.45) is 11.7 Å². The lowest BCUT2D eigenvalue weighted by atomic mass is 10.0. The van der Waals surface area contributed by atoms with Gasteiger partial charge in [-0.25, -0.2) is 14.1 Å². The number of aldehydes is 1. The van der Waals surface area contributed by atoms with E-state index < -0.39 is 29.9 Å². The Bertz CT molecular complexity index is 891. The average Bonchev–Trinajstić information content (AvgIpc) is 2.77. The molecule has 0 radical (unpaired) electrons. The summed E-state index contributed by atoms with van der Waals surface area (Å²) in [4.78, 5) is 38.3. The Kier molecular flexibility index (Phi) is 9.81. The Morgan fingerprint density at radius 2 is 1.84 bits per heavy atom. The first-order valence-electron chi connectivity index (χ1n) is 10.4. The Hall–Kier alpha value is -3.26. The molecule has 8 heteroatoms. The zero-order valence-corrected chi connectivity index (χ0v) is 18.3. The van der Waals surface area contributed by atoms with Crippen LogP contribution in [0.4, 0.5) is 9.18 Å². The Morgan fingerprint density at radius 1 is 1.12 bits per heavy atom. The second-order valence-electron chi connectivity index (χ2n) is 7.78. The molecule has 0 spiro atoms. The molecule has 0 bridgehead atoms. The van der Waals surface area contributed by atoms with Gasteiger partial charge in [-0.1, -0.05) is 50.2 Å². The predicted octanol–water partition coefficient (Wildman–Crippen LogP) is 3.70. The van der Waals surface area contributed by atoms with Crippen LogP contribution >= 0.6 is 0 Å². The lowest BCUT2D eigenvalue weighted by molar-refractivity contribution is -0.136. The van der Waals surface area contributed by atoms with Crippen molar-refractivity contribution in [1.82, 2.24) is 4.90 Å². The highest BCUT2D eigenvalue weighted by Crippen LogP contribution is 2.16. The standard InChI is InChI=1S/C24H29FN2O5/c1-17(2)13-22(26)23(29)27(24(30)32-16-18-7-4-3-5-8-18)20(15-28)11-12-31-21-10-6-9-19(25)14-21/h3-10,14-15,17,20,22H,11-13,16,26H2,1-2H3/t20?,22-/m0/s1. The molecule has 0 aliphatic carbocycles. The first kappa shape index (κ1) is 25.0. The highest BCUT2D eigenvalue weighted by atomic mass is 19.1. The number of carbonyl (C=O) groups excluding carboxylic acids is 3. The van der Waals surface area contributed by atoms with E-state index in [-0.39, 0.29) is 31.3 Å². The maximum absolute atomic E-state index is 13.3. The molecule has 1 unspecified atom stereocenters. The first-order chi connectivity index (χ1) is 15.3. The number of hydrogen-bond acceptors (Lipinski definition) is 6. The molecule has 2 amide bonds. The van der Waals surface area contributed by atoms with Gasteiger partial charge in [-0.15, -0.1) is 0 Å². The molecule has 0 saturated heterocycles. The summed E-state index contributed by atoms with van der Waals surface area (Å²) in [6, 6.07) is 12.4. The lowest BCUT2D eigenvalue weighted by Gasteiger charge is -2.28. The quantitative estimate of drug-likeness (QED) is 0.531. The van der Waals surface area contributed by atoms with E-state index in [2.05, 4.69) is 0 Å². The molecule has 2 atom stereocenters. The summed E-state index contributed by atoms with van der Waals surface area (Å²) in [6.45, 7) is 3.71. The van der Waals surface area contributed by atoms with Crippen LogP contribution in [0.1, 0.15) is 32.3 Å². The second kappa shape index (κ2) is 12.6. The fraction of sp³-hybridized carbons (Fsp3) is 0.375. The number of imide groups is 1. The normalized spacial score (nSPS) is 12.7. The molecule has 2 aromatic carbocycles. The van der Waals surface area contributed by atoms with Crippen LogP contribution in [0.2, 0.25) is 0 Å². The number of benzene rings is 2.